The van der Waals surface area contributed by atoms with Crippen LogP contribution in [0.2, 0.25) is 0 Å². The summed E-state index contributed by atoms with van der Waals surface area (Å²) in [5.74, 6) is 0.0914. The number of likely N-dealkylation sites (N-methyl/N-ethyl adjacent to an activating group) is 1. The molecule has 1 aromatic heterocycles. The Morgan fingerprint density at radius 1 is 1.20 bits per heavy atom. The number of nitrogens with zero attached hydrogens (tertiary/aromatic N) is 5. The molecule has 0 saturated carbocycles. The van der Waals surface area contributed by atoms with Crippen molar-refractivity contribution in [1.29, 1.82) is 0 Å². The van der Waals surface area contributed by atoms with Gasteiger partial charge < -0.3 is 9.80 Å². The molecule has 0 N–H and O–H groups in total. The van der Waals surface area contributed by atoms with Gasteiger partial charge in [0.15, 0.2) is 5.69 Å². The van der Waals surface area contributed by atoms with Gasteiger partial charge in [-0.15, -0.1) is 0 Å². The topological polar surface area (TPSA) is 61.7 Å². The number of likely N-dealkylation sites (tertiary alicyclic amines) is 1. The van der Waals surface area contributed by atoms with Crippen molar-refractivity contribution in [1.82, 2.24) is 24.5 Å². The molecule has 0 bridgehead atoms. The van der Waals surface area contributed by atoms with Crippen LogP contribution < -0.4 is 0 Å². The van der Waals surface area contributed by atoms with Gasteiger partial charge in [0.2, 0.25) is 5.91 Å². The number of hydrogen-bond donors (Lipinski definition) is 0. The Balaban J connectivity index is 1.70. The highest BCUT2D eigenvalue weighted by atomic mass is 16.2. The van der Waals surface area contributed by atoms with Crippen molar-refractivity contribution >= 4 is 11.8 Å². The summed E-state index contributed by atoms with van der Waals surface area (Å²) in [6, 6.07) is 2.32. The Bertz CT molecular complexity index is 637. The molecule has 0 radical (unpaired) electrons. The highest BCUT2D eigenvalue weighted by Gasteiger charge is 2.31. The monoisotopic (exact) mass is 347 g/mol. The summed E-state index contributed by atoms with van der Waals surface area (Å²) in [5.41, 5.74) is 1.47. The van der Waals surface area contributed by atoms with E-state index in [1.807, 2.05) is 20.5 Å². The van der Waals surface area contributed by atoms with Crippen molar-refractivity contribution < 1.29 is 9.59 Å². The van der Waals surface area contributed by atoms with E-state index in [0.29, 0.717) is 18.3 Å². The van der Waals surface area contributed by atoms with Crippen molar-refractivity contribution in [3.63, 3.8) is 0 Å². The van der Waals surface area contributed by atoms with Gasteiger partial charge in [-0.2, -0.15) is 5.10 Å². The first-order valence-corrected chi connectivity index (χ1v) is 9.39. The minimum absolute atomic E-state index is 0.0182. The molecule has 3 rings (SSSR count). The molecule has 2 aliphatic rings. The van der Waals surface area contributed by atoms with E-state index in [0.717, 1.165) is 57.8 Å². The summed E-state index contributed by atoms with van der Waals surface area (Å²) in [7, 11) is 0. The molecule has 138 valence electrons. The van der Waals surface area contributed by atoms with E-state index in [-0.39, 0.29) is 11.8 Å². The smallest absolute Gasteiger partial charge is 0.274 e. The molecular formula is C18H29N5O2. The van der Waals surface area contributed by atoms with Crippen LogP contribution in [0.3, 0.4) is 0 Å². The Labute approximate surface area is 149 Å². The number of aryl methyl sites for hydroxylation is 1. The van der Waals surface area contributed by atoms with Crippen molar-refractivity contribution in [2.75, 3.05) is 32.7 Å². The average molecular weight is 347 g/mol. The third-order valence-corrected chi connectivity index (χ3v) is 5.46. The zero-order chi connectivity index (χ0) is 18.0. The van der Waals surface area contributed by atoms with Gasteiger partial charge in [-0.25, -0.2) is 0 Å². The number of aromatic nitrogens is 2. The Hall–Kier alpha value is -1.89. The molecule has 7 heteroatoms. The van der Waals surface area contributed by atoms with Crippen LogP contribution in [0.1, 0.15) is 49.8 Å². The van der Waals surface area contributed by atoms with E-state index in [2.05, 4.69) is 23.8 Å². The molecule has 1 fully saturated rings. The van der Waals surface area contributed by atoms with Gasteiger partial charge in [0, 0.05) is 39.1 Å². The second-order valence-corrected chi connectivity index (χ2v) is 6.95. The molecule has 2 amide bonds. The van der Waals surface area contributed by atoms with Gasteiger partial charge in [0.25, 0.3) is 5.91 Å². The summed E-state index contributed by atoms with van der Waals surface area (Å²) >= 11 is 0. The fourth-order valence-electron chi connectivity index (χ4n) is 3.96. The molecule has 7 nitrogen and oxygen atoms in total. The first kappa shape index (κ1) is 17.9. The van der Waals surface area contributed by atoms with Crippen LogP contribution in [0.25, 0.3) is 0 Å². The van der Waals surface area contributed by atoms with Gasteiger partial charge >= 0.3 is 0 Å². The molecule has 0 spiro atoms. The molecule has 1 atom stereocenters. The molecule has 25 heavy (non-hydrogen) atoms. The third kappa shape index (κ3) is 3.71. The maximum absolute atomic E-state index is 12.9. The van der Waals surface area contributed by atoms with Crippen LogP contribution in [0.4, 0.5) is 0 Å². The van der Waals surface area contributed by atoms with E-state index in [1.165, 1.54) is 0 Å². The average Bonchev–Trinajstić information content (AvgIpc) is 3.18. The number of hydrogen-bond acceptors (Lipinski definition) is 4. The highest BCUT2D eigenvalue weighted by molar-refractivity contribution is 5.92. The summed E-state index contributed by atoms with van der Waals surface area (Å²) in [6.07, 6.45) is 1.90. The van der Waals surface area contributed by atoms with Crippen LogP contribution in [0.5, 0.6) is 0 Å². The Kier molecular flexibility index (Phi) is 5.42. The number of rotatable bonds is 4. The zero-order valence-corrected chi connectivity index (χ0v) is 15.6. The molecule has 1 saturated heterocycles. The summed E-state index contributed by atoms with van der Waals surface area (Å²) in [4.78, 5) is 30.7. The fraction of sp³-hybridized carbons (Fsp3) is 0.722. The van der Waals surface area contributed by atoms with Gasteiger partial charge in [0.05, 0.1) is 12.2 Å². The first-order chi connectivity index (χ1) is 12.0. The van der Waals surface area contributed by atoms with Crippen LogP contribution in [0, 0.1) is 0 Å². The van der Waals surface area contributed by atoms with E-state index in [1.54, 1.807) is 6.92 Å². The third-order valence-electron chi connectivity index (χ3n) is 5.46. The minimum Gasteiger partial charge on any atom is -0.337 e. The second kappa shape index (κ2) is 7.56. The van der Waals surface area contributed by atoms with Gasteiger partial charge in [-0.05, 0) is 32.0 Å². The van der Waals surface area contributed by atoms with Gasteiger partial charge in [-0.1, -0.05) is 13.8 Å². The lowest BCUT2D eigenvalue weighted by Gasteiger charge is -2.25. The number of amides is 2. The fourth-order valence-corrected chi connectivity index (χ4v) is 3.96. The van der Waals surface area contributed by atoms with E-state index < -0.39 is 0 Å². The largest absolute Gasteiger partial charge is 0.337 e. The Morgan fingerprint density at radius 2 is 1.96 bits per heavy atom. The number of carbonyl (C=O) groups is 2. The van der Waals surface area contributed by atoms with Crippen molar-refractivity contribution in [3.8, 4) is 0 Å². The maximum atomic E-state index is 12.9. The molecule has 1 aromatic rings. The van der Waals surface area contributed by atoms with E-state index in [4.69, 9.17) is 0 Å². The molecule has 1 unspecified atom stereocenters. The van der Waals surface area contributed by atoms with Crippen molar-refractivity contribution in [2.45, 2.75) is 52.7 Å². The van der Waals surface area contributed by atoms with Gasteiger partial charge in [-0.3, -0.25) is 19.2 Å². The van der Waals surface area contributed by atoms with Crippen molar-refractivity contribution in [3.05, 3.63) is 17.5 Å². The zero-order valence-electron chi connectivity index (χ0n) is 15.6. The van der Waals surface area contributed by atoms with E-state index >= 15 is 0 Å². The molecular weight excluding hydrogens is 318 g/mol. The predicted octanol–water partition coefficient (Wildman–Crippen LogP) is 1.19. The van der Waals surface area contributed by atoms with Crippen LogP contribution >= 0.6 is 0 Å². The number of fused-ring (bicyclic) bond motifs is 1. The van der Waals surface area contributed by atoms with Crippen LogP contribution in [-0.4, -0.2) is 75.1 Å². The lowest BCUT2D eigenvalue weighted by atomic mass is 10.2. The predicted molar refractivity (Wildman–Crippen MR) is 95.2 cm³/mol. The first-order valence-electron chi connectivity index (χ1n) is 9.39. The summed E-state index contributed by atoms with van der Waals surface area (Å²) in [5, 5.41) is 4.53. The molecule has 2 aliphatic heterocycles. The lowest BCUT2D eigenvalue weighted by molar-refractivity contribution is -0.129. The molecule has 0 aliphatic carbocycles. The van der Waals surface area contributed by atoms with Crippen molar-refractivity contribution in [2.24, 2.45) is 0 Å². The normalized spacial score (nSPS) is 20.7. The quantitative estimate of drug-likeness (QED) is 0.821. The van der Waals surface area contributed by atoms with E-state index in [9.17, 15) is 9.59 Å². The minimum atomic E-state index is 0.0182. The highest BCUT2D eigenvalue weighted by Crippen LogP contribution is 2.20. The molecule has 0 aromatic carbocycles. The number of carbonyl (C=O) groups excluding carboxylic acids is 2. The van der Waals surface area contributed by atoms with Gasteiger partial charge in [0.1, 0.15) is 0 Å². The standard InChI is InChI=1S/C18H29N5O2/c1-4-20(5-2)15-7-10-22(12-15)18(25)17-11-16-13-21(14(3)24)8-6-9-23(16)19-17/h11,15H,4-10,12-13H2,1-3H3. The van der Waals surface area contributed by atoms with Crippen LogP contribution in [-0.2, 0) is 17.9 Å². The maximum Gasteiger partial charge on any atom is 0.274 e. The molecule has 3 heterocycles. The van der Waals surface area contributed by atoms with Crippen LogP contribution in [0.15, 0.2) is 6.07 Å². The second-order valence-electron chi connectivity index (χ2n) is 6.95. The SMILES string of the molecule is CCN(CC)C1CCN(C(=O)c2cc3n(n2)CCCN(C(C)=O)C3)C1. The lowest BCUT2D eigenvalue weighted by Crippen LogP contribution is -2.38. The summed E-state index contributed by atoms with van der Waals surface area (Å²) < 4.78 is 1.90. The summed E-state index contributed by atoms with van der Waals surface area (Å²) in [6.45, 7) is 11.6. The Morgan fingerprint density at radius 3 is 2.64 bits per heavy atom.